The Morgan fingerprint density at radius 2 is 1.94 bits per heavy atom. The first-order chi connectivity index (χ1) is 7.73. The summed E-state index contributed by atoms with van der Waals surface area (Å²) >= 11 is 0. The van der Waals surface area contributed by atoms with Gasteiger partial charge in [-0.25, -0.2) is 12.7 Å². The van der Waals surface area contributed by atoms with Crippen LogP contribution in [0.4, 0.5) is 0 Å². The van der Waals surface area contributed by atoms with Gasteiger partial charge in [0.1, 0.15) is 0 Å². The lowest BCUT2D eigenvalue weighted by atomic mass is 10.3. The minimum Gasteiger partial charge on any atom is -0.480 e. The molecule has 100 valence electrons. The molecule has 0 radical (unpaired) electrons. The Labute approximate surface area is 100 Å². The van der Waals surface area contributed by atoms with Gasteiger partial charge in [-0.3, -0.25) is 9.59 Å². The molecule has 0 saturated heterocycles. The molecule has 17 heavy (non-hydrogen) atoms. The van der Waals surface area contributed by atoms with Crippen molar-refractivity contribution in [3.8, 4) is 0 Å². The summed E-state index contributed by atoms with van der Waals surface area (Å²) in [5.41, 5.74) is 0. The van der Waals surface area contributed by atoms with Crippen LogP contribution in [0, 0.1) is 0 Å². The molecule has 0 fully saturated rings. The number of carbonyl (C=O) groups excluding carboxylic acids is 1. The molecule has 0 aliphatic carbocycles. The standard InChI is InChI=1S/C9H17NO6S/c1-7(9(12)13)17(14,15)10(2)6-4-5-8(11)16-3/h7H,4-6H2,1-3H3,(H,12,13). The number of esters is 1. The summed E-state index contributed by atoms with van der Waals surface area (Å²) in [6.45, 7) is 1.18. The Bertz CT molecular complexity index is 377. The third-order valence-electron chi connectivity index (χ3n) is 2.31. The van der Waals surface area contributed by atoms with Crippen molar-refractivity contribution < 1.29 is 27.9 Å². The summed E-state index contributed by atoms with van der Waals surface area (Å²) in [6.07, 6.45) is 0.382. The van der Waals surface area contributed by atoms with E-state index in [1.165, 1.54) is 14.2 Å². The maximum Gasteiger partial charge on any atom is 0.323 e. The Hall–Kier alpha value is -1.15. The molecule has 1 unspecified atom stereocenters. The molecule has 0 aliphatic heterocycles. The Kier molecular flexibility index (Phi) is 6.11. The van der Waals surface area contributed by atoms with Gasteiger partial charge in [-0.2, -0.15) is 0 Å². The average molecular weight is 267 g/mol. The van der Waals surface area contributed by atoms with Crippen LogP contribution in [-0.4, -0.2) is 55.7 Å². The number of sulfonamides is 1. The second-order valence-electron chi connectivity index (χ2n) is 3.53. The van der Waals surface area contributed by atoms with Crippen LogP contribution >= 0.6 is 0 Å². The second-order valence-corrected chi connectivity index (χ2v) is 5.89. The normalized spacial score (nSPS) is 13.4. The lowest BCUT2D eigenvalue weighted by Crippen LogP contribution is -2.39. The SMILES string of the molecule is COC(=O)CCCN(C)S(=O)(=O)C(C)C(=O)O. The quantitative estimate of drug-likeness (QED) is 0.634. The van der Waals surface area contributed by atoms with Gasteiger partial charge in [0.2, 0.25) is 10.0 Å². The van der Waals surface area contributed by atoms with Crippen LogP contribution in [0.1, 0.15) is 19.8 Å². The Morgan fingerprint density at radius 1 is 1.41 bits per heavy atom. The summed E-state index contributed by atoms with van der Waals surface area (Å²) in [5.74, 6) is -1.83. The third-order valence-corrected chi connectivity index (χ3v) is 4.46. The molecule has 8 heteroatoms. The minimum absolute atomic E-state index is 0.0784. The molecule has 0 aromatic heterocycles. The molecule has 0 aromatic carbocycles. The van der Waals surface area contributed by atoms with Gasteiger partial charge < -0.3 is 9.84 Å². The number of carboxylic acids is 1. The highest BCUT2D eigenvalue weighted by molar-refractivity contribution is 7.90. The van der Waals surface area contributed by atoms with E-state index in [1.54, 1.807) is 0 Å². The summed E-state index contributed by atoms with van der Waals surface area (Å²) in [7, 11) is -1.33. The fourth-order valence-electron chi connectivity index (χ4n) is 1.07. The van der Waals surface area contributed by atoms with Crippen LogP contribution in [0.2, 0.25) is 0 Å². The van der Waals surface area contributed by atoms with Gasteiger partial charge in [0.15, 0.2) is 5.25 Å². The summed E-state index contributed by atoms with van der Waals surface area (Å²) in [6, 6.07) is 0. The maximum absolute atomic E-state index is 11.6. The smallest absolute Gasteiger partial charge is 0.323 e. The number of rotatable bonds is 7. The molecule has 0 spiro atoms. The maximum atomic E-state index is 11.6. The first-order valence-corrected chi connectivity index (χ1v) is 6.48. The number of aliphatic carboxylic acids is 1. The van der Waals surface area contributed by atoms with Gasteiger partial charge in [0.05, 0.1) is 7.11 Å². The van der Waals surface area contributed by atoms with Crippen molar-refractivity contribution in [3.63, 3.8) is 0 Å². The van der Waals surface area contributed by atoms with E-state index in [0.29, 0.717) is 0 Å². The molecule has 0 aliphatic rings. The third kappa shape index (κ3) is 4.70. The van der Waals surface area contributed by atoms with Gasteiger partial charge in [0, 0.05) is 20.0 Å². The minimum atomic E-state index is -3.86. The fraction of sp³-hybridized carbons (Fsp3) is 0.778. The summed E-state index contributed by atoms with van der Waals surface area (Å²) < 4.78 is 28.6. The second kappa shape index (κ2) is 6.55. The molecule has 0 aromatic rings. The topological polar surface area (TPSA) is 101 Å². The lowest BCUT2D eigenvalue weighted by molar-refractivity contribution is -0.141. The summed E-state index contributed by atoms with van der Waals surface area (Å²) in [4.78, 5) is 21.4. The number of hydrogen-bond donors (Lipinski definition) is 1. The highest BCUT2D eigenvalue weighted by Gasteiger charge is 2.31. The molecule has 0 rings (SSSR count). The highest BCUT2D eigenvalue weighted by Crippen LogP contribution is 2.08. The molecule has 0 amide bonds. The first kappa shape index (κ1) is 15.9. The van der Waals surface area contributed by atoms with Gasteiger partial charge >= 0.3 is 11.9 Å². The van der Waals surface area contributed by atoms with E-state index in [1.807, 2.05) is 0 Å². The van der Waals surface area contributed by atoms with Crippen molar-refractivity contribution in [2.45, 2.75) is 25.0 Å². The zero-order chi connectivity index (χ0) is 13.6. The lowest BCUT2D eigenvalue weighted by Gasteiger charge is -2.19. The van der Waals surface area contributed by atoms with Crippen molar-refractivity contribution in [1.29, 1.82) is 0 Å². The number of carboxylic acid groups (broad SMARTS) is 1. The van der Waals surface area contributed by atoms with Gasteiger partial charge in [-0.05, 0) is 13.3 Å². The molecule has 1 atom stereocenters. The molecular weight excluding hydrogens is 250 g/mol. The van der Waals surface area contributed by atoms with Crippen LogP contribution in [0.15, 0.2) is 0 Å². The number of hydrogen-bond acceptors (Lipinski definition) is 5. The molecular formula is C9H17NO6S. The average Bonchev–Trinajstić information content (AvgIpc) is 2.27. The van der Waals surface area contributed by atoms with E-state index in [-0.39, 0.29) is 19.4 Å². The van der Waals surface area contributed by atoms with E-state index in [9.17, 15) is 18.0 Å². The van der Waals surface area contributed by atoms with E-state index in [0.717, 1.165) is 11.2 Å². The number of carbonyl (C=O) groups is 2. The molecule has 7 nitrogen and oxygen atoms in total. The van der Waals surface area contributed by atoms with Crippen molar-refractivity contribution in [3.05, 3.63) is 0 Å². The van der Waals surface area contributed by atoms with Crippen LogP contribution in [0.25, 0.3) is 0 Å². The van der Waals surface area contributed by atoms with Crippen molar-refractivity contribution >= 4 is 22.0 Å². The van der Waals surface area contributed by atoms with E-state index >= 15 is 0 Å². The molecule has 0 saturated carbocycles. The largest absolute Gasteiger partial charge is 0.480 e. The number of ether oxygens (including phenoxy) is 1. The molecule has 1 N–H and O–H groups in total. The van der Waals surface area contributed by atoms with Crippen molar-refractivity contribution in [2.75, 3.05) is 20.7 Å². The number of methoxy groups -OCH3 is 1. The molecule has 0 bridgehead atoms. The van der Waals surface area contributed by atoms with Crippen molar-refractivity contribution in [2.24, 2.45) is 0 Å². The van der Waals surface area contributed by atoms with E-state index in [4.69, 9.17) is 5.11 Å². The van der Waals surface area contributed by atoms with Gasteiger partial charge in [0.25, 0.3) is 0 Å². The van der Waals surface area contributed by atoms with Crippen LogP contribution in [0.5, 0.6) is 0 Å². The Balaban J connectivity index is 4.36. The van der Waals surface area contributed by atoms with Gasteiger partial charge in [-0.15, -0.1) is 0 Å². The Morgan fingerprint density at radius 3 is 2.35 bits per heavy atom. The van der Waals surface area contributed by atoms with Gasteiger partial charge in [-0.1, -0.05) is 0 Å². The zero-order valence-corrected chi connectivity index (χ0v) is 10.9. The summed E-state index contributed by atoms with van der Waals surface area (Å²) in [5, 5.41) is 7.14. The first-order valence-electron chi connectivity index (χ1n) is 4.98. The van der Waals surface area contributed by atoms with Crippen LogP contribution < -0.4 is 0 Å². The predicted molar refractivity (Wildman–Crippen MR) is 59.9 cm³/mol. The predicted octanol–water partition coefficient (Wildman–Crippen LogP) is -0.326. The van der Waals surface area contributed by atoms with Crippen LogP contribution in [-0.2, 0) is 24.3 Å². The van der Waals surface area contributed by atoms with Crippen molar-refractivity contribution in [1.82, 2.24) is 4.31 Å². The van der Waals surface area contributed by atoms with Crippen LogP contribution in [0.3, 0.4) is 0 Å². The molecule has 0 heterocycles. The monoisotopic (exact) mass is 267 g/mol. The number of nitrogens with zero attached hydrogens (tertiary/aromatic N) is 1. The highest BCUT2D eigenvalue weighted by atomic mass is 32.2. The zero-order valence-electron chi connectivity index (χ0n) is 10.0. The van der Waals surface area contributed by atoms with E-state index < -0.39 is 27.2 Å². The van der Waals surface area contributed by atoms with E-state index in [2.05, 4.69) is 4.74 Å². The fourth-order valence-corrected chi connectivity index (χ4v) is 2.25.